The first kappa shape index (κ1) is 27.5. The molecule has 2 N–H and O–H groups in total. The van der Waals surface area contributed by atoms with Gasteiger partial charge in [0.1, 0.15) is 12.3 Å². The van der Waals surface area contributed by atoms with Crippen LogP contribution in [0.3, 0.4) is 0 Å². The van der Waals surface area contributed by atoms with Crippen molar-refractivity contribution in [3.63, 3.8) is 0 Å². The van der Waals surface area contributed by atoms with Gasteiger partial charge < -0.3 is 15.4 Å². The molecule has 0 radical (unpaired) electrons. The molecule has 1 atom stereocenters. The van der Waals surface area contributed by atoms with Crippen LogP contribution in [0.5, 0.6) is 5.75 Å². The van der Waals surface area contributed by atoms with Gasteiger partial charge in [-0.3, -0.25) is 14.6 Å². The molecular weight excluding hydrogens is 512 g/mol. The fourth-order valence-corrected chi connectivity index (χ4v) is 4.78. The zero-order chi connectivity index (χ0) is 28.4. The van der Waals surface area contributed by atoms with Crippen molar-refractivity contribution >= 4 is 22.7 Å². The Bertz CT molecular complexity index is 1610. The fraction of sp³-hybridized carbons (Fsp3) is 0.176. The van der Waals surface area contributed by atoms with E-state index in [1.807, 2.05) is 97.9 Å². The number of nitrogens with zero attached hydrogens (tertiary/aromatic N) is 2. The SMILES string of the molecule is CC[C@H](NC(=O)c1c(OCCNC(=O)Cc2cccnc2)c(-c2ccccc2)nc2ccccc12)c1ccccc1. The Morgan fingerprint density at radius 3 is 2.34 bits per heavy atom. The van der Waals surface area contributed by atoms with E-state index in [4.69, 9.17) is 9.72 Å². The molecule has 2 amide bonds. The van der Waals surface area contributed by atoms with E-state index in [2.05, 4.69) is 15.6 Å². The van der Waals surface area contributed by atoms with Crippen molar-refractivity contribution in [1.82, 2.24) is 20.6 Å². The van der Waals surface area contributed by atoms with E-state index in [-0.39, 0.29) is 37.4 Å². The number of carbonyl (C=O) groups is 2. The summed E-state index contributed by atoms with van der Waals surface area (Å²) in [6, 6.07) is 30.7. The highest BCUT2D eigenvalue weighted by molar-refractivity contribution is 6.10. The van der Waals surface area contributed by atoms with Crippen LogP contribution in [0.15, 0.2) is 109 Å². The summed E-state index contributed by atoms with van der Waals surface area (Å²) in [5.41, 5.74) is 4.39. The molecule has 0 spiro atoms. The number of rotatable bonds is 11. The lowest BCUT2D eigenvalue weighted by molar-refractivity contribution is -0.120. The Balaban J connectivity index is 1.46. The maximum Gasteiger partial charge on any atom is 0.256 e. The normalized spacial score (nSPS) is 11.5. The molecule has 0 saturated carbocycles. The molecule has 3 aromatic carbocycles. The molecular formula is C34H32N4O3. The van der Waals surface area contributed by atoms with Gasteiger partial charge in [0.2, 0.25) is 5.91 Å². The minimum atomic E-state index is -0.243. The molecule has 5 aromatic rings. The van der Waals surface area contributed by atoms with Gasteiger partial charge in [-0.1, -0.05) is 91.9 Å². The minimum Gasteiger partial charge on any atom is -0.489 e. The lowest BCUT2D eigenvalue weighted by Crippen LogP contribution is -2.31. The summed E-state index contributed by atoms with van der Waals surface area (Å²) in [7, 11) is 0. The third-order valence-electron chi connectivity index (χ3n) is 6.80. The second-order valence-electron chi connectivity index (χ2n) is 9.63. The van der Waals surface area contributed by atoms with E-state index < -0.39 is 0 Å². The van der Waals surface area contributed by atoms with Crippen LogP contribution in [0.2, 0.25) is 0 Å². The molecule has 0 fully saturated rings. The van der Waals surface area contributed by atoms with Crippen LogP contribution >= 0.6 is 0 Å². The molecule has 0 aliphatic heterocycles. The zero-order valence-electron chi connectivity index (χ0n) is 22.9. The molecule has 2 aromatic heterocycles. The van der Waals surface area contributed by atoms with E-state index in [1.165, 1.54) is 0 Å². The summed E-state index contributed by atoms with van der Waals surface area (Å²) in [4.78, 5) is 35.5. The van der Waals surface area contributed by atoms with Crippen LogP contribution in [-0.4, -0.2) is 34.9 Å². The largest absolute Gasteiger partial charge is 0.489 e. The van der Waals surface area contributed by atoms with Crippen LogP contribution in [0.4, 0.5) is 0 Å². The molecule has 0 saturated heterocycles. The second-order valence-corrected chi connectivity index (χ2v) is 9.63. The summed E-state index contributed by atoms with van der Waals surface area (Å²) in [6.07, 6.45) is 4.30. The van der Waals surface area contributed by atoms with Crippen LogP contribution < -0.4 is 15.4 Å². The highest BCUT2D eigenvalue weighted by Gasteiger charge is 2.25. The molecule has 7 nitrogen and oxygen atoms in total. The number of para-hydroxylation sites is 1. The predicted molar refractivity (Wildman–Crippen MR) is 161 cm³/mol. The number of pyridine rings is 2. The van der Waals surface area contributed by atoms with Gasteiger partial charge in [0.15, 0.2) is 5.75 Å². The van der Waals surface area contributed by atoms with E-state index in [9.17, 15) is 9.59 Å². The molecule has 41 heavy (non-hydrogen) atoms. The van der Waals surface area contributed by atoms with Crippen LogP contribution in [0.25, 0.3) is 22.2 Å². The first-order valence-corrected chi connectivity index (χ1v) is 13.8. The van der Waals surface area contributed by atoms with Crippen LogP contribution in [0, 0.1) is 0 Å². The molecule has 0 unspecified atom stereocenters. The molecule has 5 rings (SSSR count). The zero-order valence-corrected chi connectivity index (χ0v) is 22.9. The predicted octanol–water partition coefficient (Wildman–Crippen LogP) is 5.92. The average Bonchev–Trinajstić information content (AvgIpc) is 3.02. The maximum atomic E-state index is 14.1. The Labute approximate surface area is 239 Å². The lowest BCUT2D eigenvalue weighted by atomic mass is 10.00. The molecule has 2 heterocycles. The maximum absolute atomic E-state index is 14.1. The minimum absolute atomic E-state index is 0.131. The average molecular weight is 545 g/mol. The number of hydrogen-bond acceptors (Lipinski definition) is 5. The third kappa shape index (κ3) is 6.76. The van der Waals surface area contributed by atoms with Gasteiger partial charge in [-0.05, 0) is 29.7 Å². The standard InChI is InChI=1S/C34H32N4O3/c1-2-28(25-13-5-3-6-14-25)38-34(40)31-27-17-9-10-18-29(27)37-32(26-15-7-4-8-16-26)33(31)41-21-20-36-30(39)22-24-12-11-19-35-23-24/h3-19,23,28H,2,20-22H2,1H3,(H,36,39)(H,38,40)/t28-/m0/s1. The Kier molecular flexibility index (Phi) is 8.96. The number of aromatic nitrogens is 2. The molecule has 7 heteroatoms. The van der Waals surface area contributed by atoms with Gasteiger partial charge in [-0.15, -0.1) is 0 Å². The van der Waals surface area contributed by atoms with Gasteiger partial charge in [0, 0.05) is 23.3 Å². The number of ether oxygens (including phenoxy) is 1. The van der Waals surface area contributed by atoms with E-state index in [1.54, 1.807) is 18.5 Å². The van der Waals surface area contributed by atoms with Crippen molar-refractivity contribution in [3.05, 3.63) is 126 Å². The van der Waals surface area contributed by atoms with E-state index >= 15 is 0 Å². The number of carbonyl (C=O) groups excluding carboxylic acids is 2. The van der Waals surface area contributed by atoms with Crippen LogP contribution in [0.1, 0.15) is 40.9 Å². The number of fused-ring (bicyclic) bond motifs is 1. The second kappa shape index (κ2) is 13.3. The van der Waals surface area contributed by atoms with Gasteiger partial charge in [-0.2, -0.15) is 0 Å². The quantitative estimate of drug-likeness (QED) is 0.202. The van der Waals surface area contributed by atoms with Crippen LogP contribution in [-0.2, 0) is 11.2 Å². The van der Waals surface area contributed by atoms with Gasteiger partial charge >= 0.3 is 0 Å². The lowest BCUT2D eigenvalue weighted by Gasteiger charge is -2.21. The van der Waals surface area contributed by atoms with Crippen molar-refractivity contribution in [2.75, 3.05) is 13.2 Å². The fourth-order valence-electron chi connectivity index (χ4n) is 4.78. The number of benzene rings is 3. The summed E-state index contributed by atoms with van der Waals surface area (Å²) in [6.45, 7) is 2.47. The topological polar surface area (TPSA) is 93.2 Å². The van der Waals surface area contributed by atoms with Gasteiger partial charge in [0.05, 0.1) is 30.1 Å². The summed E-state index contributed by atoms with van der Waals surface area (Å²) < 4.78 is 6.32. The summed E-state index contributed by atoms with van der Waals surface area (Å²) in [5.74, 6) is 0.0112. The van der Waals surface area contributed by atoms with Crippen molar-refractivity contribution in [1.29, 1.82) is 0 Å². The molecule has 206 valence electrons. The van der Waals surface area contributed by atoms with Crippen molar-refractivity contribution in [3.8, 4) is 17.0 Å². The number of hydrogen-bond donors (Lipinski definition) is 2. The smallest absolute Gasteiger partial charge is 0.256 e. The first-order valence-electron chi connectivity index (χ1n) is 13.8. The summed E-state index contributed by atoms with van der Waals surface area (Å²) in [5, 5.41) is 6.82. The van der Waals surface area contributed by atoms with Crippen molar-refractivity contribution < 1.29 is 14.3 Å². The molecule has 0 aliphatic rings. The molecule has 0 bridgehead atoms. The molecule has 0 aliphatic carbocycles. The van der Waals surface area contributed by atoms with Crippen molar-refractivity contribution in [2.24, 2.45) is 0 Å². The van der Waals surface area contributed by atoms with E-state index in [0.717, 1.165) is 23.1 Å². The highest BCUT2D eigenvalue weighted by atomic mass is 16.5. The van der Waals surface area contributed by atoms with Gasteiger partial charge in [-0.25, -0.2) is 4.98 Å². The van der Waals surface area contributed by atoms with Gasteiger partial charge in [0.25, 0.3) is 5.91 Å². The Morgan fingerprint density at radius 1 is 0.878 bits per heavy atom. The van der Waals surface area contributed by atoms with Crippen molar-refractivity contribution in [2.45, 2.75) is 25.8 Å². The third-order valence-corrected chi connectivity index (χ3v) is 6.80. The number of nitrogens with one attached hydrogen (secondary N) is 2. The Morgan fingerprint density at radius 2 is 1.61 bits per heavy atom. The highest BCUT2D eigenvalue weighted by Crippen LogP contribution is 2.37. The monoisotopic (exact) mass is 544 g/mol. The number of amides is 2. The van der Waals surface area contributed by atoms with E-state index in [0.29, 0.717) is 27.9 Å². The summed E-state index contributed by atoms with van der Waals surface area (Å²) >= 11 is 0. The first-order chi connectivity index (χ1) is 20.1. The Hall–Kier alpha value is -5.04.